The number of fused-ring (bicyclic) bond motifs is 1. The fourth-order valence-electron chi connectivity index (χ4n) is 3.24. The Morgan fingerprint density at radius 3 is 2.81 bits per heavy atom. The summed E-state index contributed by atoms with van der Waals surface area (Å²) in [5.41, 5.74) is 3.41. The second-order valence-corrected chi connectivity index (χ2v) is 7.23. The monoisotopic (exact) mass is 423 g/mol. The van der Waals surface area contributed by atoms with Gasteiger partial charge in [-0.3, -0.25) is 4.79 Å². The standard InChI is InChI=1S/C20H18BrN5O/c1-13-17(19(27)22-11-14-6-3-2-4-7-14)18(15-8-5-9-16(21)10-15)26-20(25-13)23-12-24-26/h2-10,12,18H,11H2,1H3,(H,22,27)(H,23,24,25)/t18-/m1/s1. The molecule has 1 aliphatic heterocycles. The van der Waals surface area contributed by atoms with Gasteiger partial charge in [0, 0.05) is 16.7 Å². The Kier molecular flexibility index (Phi) is 4.77. The zero-order valence-electron chi connectivity index (χ0n) is 14.7. The molecule has 7 heteroatoms. The van der Waals surface area contributed by atoms with Crippen LogP contribution in [0.4, 0.5) is 5.95 Å². The van der Waals surface area contributed by atoms with Crippen LogP contribution in [0.15, 0.2) is 76.7 Å². The van der Waals surface area contributed by atoms with Gasteiger partial charge >= 0.3 is 0 Å². The number of carbonyl (C=O) groups is 1. The summed E-state index contributed by atoms with van der Waals surface area (Å²) in [5.74, 6) is 0.493. The Hall–Kier alpha value is -2.93. The predicted octanol–water partition coefficient (Wildman–Crippen LogP) is 3.65. The summed E-state index contributed by atoms with van der Waals surface area (Å²) < 4.78 is 2.69. The largest absolute Gasteiger partial charge is 0.348 e. The number of nitrogens with one attached hydrogen (secondary N) is 2. The number of allylic oxidation sites excluding steroid dienone is 1. The van der Waals surface area contributed by atoms with E-state index < -0.39 is 0 Å². The molecule has 0 radical (unpaired) electrons. The first kappa shape index (κ1) is 17.5. The van der Waals surface area contributed by atoms with Crippen LogP contribution in [0.25, 0.3) is 0 Å². The number of halogens is 1. The molecule has 0 unspecified atom stereocenters. The third kappa shape index (κ3) is 3.50. The molecule has 0 bridgehead atoms. The van der Waals surface area contributed by atoms with Gasteiger partial charge in [-0.2, -0.15) is 10.1 Å². The number of anilines is 1. The number of nitrogens with zero attached hydrogens (tertiary/aromatic N) is 3. The van der Waals surface area contributed by atoms with Crippen molar-refractivity contribution in [3.05, 3.63) is 87.8 Å². The lowest BCUT2D eigenvalue weighted by molar-refractivity contribution is -0.118. The fourth-order valence-corrected chi connectivity index (χ4v) is 3.66. The summed E-state index contributed by atoms with van der Waals surface area (Å²) in [6, 6.07) is 17.4. The summed E-state index contributed by atoms with van der Waals surface area (Å²) in [5, 5.41) is 10.5. The third-order valence-electron chi connectivity index (χ3n) is 4.50. The van der Waals surface area contributed by atoms with Gasteiger partial charge < -0.3 is 10.6 Å². The molecule has 0 aliphatic carbocycles. The van der Waals surface area contributed by atoms with Gasteiger partial charge in [0.05, 0.1) is 5.57 Å². The lowest BCUT2D eigenvalue weighted by atomic mass is 9.95. The van der Waals surface area contributed by atoms with E-state index in [-0.39, 0.29) is 11.9 Å². The lowest BCUT2D eigenvalue weighted by Gasteiger charge is -2.28. The number of amides is 1. The van der Waals surface area contributed by atoms with Gasteiger partial charge in [0.2, 0.25) is 5.95 Å². The molecule has 1 atom stereocenters. The van der Waals surface area contributed by atoms with Crippen LogP contribution in [0.3, 0.4) is 0 Å². The van der Waals surface area contributed by atoms with E-state index in [2.05, 4.69) is 36.6 Å². The first-order valence-corrected chi connectivity index (χ1v) is 9.37. The van der Waals surface area contributed by atoms with Gasteiger partial charge in [0.1, 0.15) is 12.4 Å². The summed E-state index contributed by atoms with van der Waals surface area (Å²) in [6.07, 6.45) is 1.49. The van der Waals surface area contributed by atoms with Crippen LogP contribution in [-0.4, -0.2) is 20.7 Å². The van der Waals surface area contributed by atoms with Crippen molar-refractivity contribution < 1.29 is 4.79 Å². The van der Waals surface area contributed by atoms with E-state index in [4.69, 9.17) is 0 Å². The number of hydrogen-bond acceptors (Lipinski definition) is 4. The van der Waals surface area contributed by atoms with E-state index in [1.807, 2.05) is 61.5 Å². The molecule has 1 amide bonds. The SMILES string of the molecule is CC1=C(C(=O)NCc2ccccc2)[C@@H](c2cccc(Br)c2)n2ncnc2N1. The molecule has 1 aromatic heterocycles. The summed E-state index contributed by atoms with van der Waals surface area (Å²) in [4.78, 5) is 17.4. The van der Waals surface area contributed by atoms with Gasteiger partial charge in [-0.15, -0.1) is 0 Å². The van der Waals surface area contributed by atoms with Gasteiger partial charge in [0.25, 0.3) is 5.91 Å². The van der Waals surface area contributed by atoms with E-state index in [1.54, 1.807) is 4.68 Å². The maximum absolute atomic E-state index is 13.1. The molecule has 3 aromatic rings. The highest BCUT2D eigenvalue weighted by Gasteiger charge is 2.33. The predicted molar refractivity (Wildman–Crippen MR) is 107 cm³/mol. The minimum Gasteiger partial charge on any atom is -0.348 e. The third-order valence-corrected chi connectivity index (χ3v) is 4.99. The summed E-state index contributed by atoms with van der Waals surface area (Å²) in [6.45, 7) is 2.35. The molecule has 4 rings (SSSR count). The average Bonchev–Trinajstić information content (AvgIpc) is 3.13. The van der Waals surface area contributed by atoms with Crippen molar-refractivity contribution in [2.24, 2.45) is 0 Å². The van der Waals surface area contributed by atoms with E-state index in [9.17, 15) is 4.79 Å². The quantitative estimate of drug-likeness (QED) is 0.671. The minimum absolute atomic E-state index is 0.130. The minimum atomic E-state index is -0.350. The van der Waals surface area contributed by atoms with Crippen LogP contribution in [-0.2, 0) is 11.3 Å². The summed E-state index contributed by atoms with van der Waals surface area (Å²) >= 11 is 3.52. The molecule has 136 valence electrons. The normalized spacial score (nSPS) is 15.9. The molecule has 2 aromatic carbocycles. The zero-order chi connectivity index (χ0) is 18.8. The number of carbonyl (C=O) groups excluding carboxylic acids is 1. The molecule has 2 heterocycles. The van der Waals surface area contributed by atoms with Gasteiger partial charge in [-0.1, -0.05) is 58.4 Å². The lowest BCUT2D eigenvalue weighted by Crippen LogP contribution is -2.34. The van der Waals surface area contributed by atoms with Crippen molar-refractivity contribution in [1.82, 2.24) is 20.1 Å². The molecule has 6 nitrogen and oxygen atoms in total. The number of benzene rings is 2. The molecule has 0 fully saturated rings. The molecule has 0 saturated heterocycles. The average molecular weight is 424 g/mol. The van der Waals surface area contributed by atoms with Gasteiger partial charge in [-0.05, 0) is 30.2 Å². The molecule has 0 spiro atoms. The molecule has 1 aliphatic rings. The van der Waals surface area contributed by atoms with Crippen molar-refractivity contribution >= 4 is 27.8 Å². The van der Waals surface area contributed by atoms with Crippen molar-refractivity contribution in [1.29, 1.82) is 0 Å². The van der Waals surface area contributed by atoms with E-state index >= 15 is 0 Å². The molecular formula is C20H18BrN5O. The maximum atomic E-state index is 13.1. The Labute approximate surface area is 165 Å². The van der Waals surface area contributed by atoms with Crippen LogP contribution in [0.1, 0.15) is 24.1 Å². The molecular weight excluding hydrogens is 406 g/mol. The Balaban J connectivity index is 1.69. The van der Waals surface area contributed by atoms with E-state index in [0.29, 0.717) is 18.1 Å². The fraction of sp³-hybridized carbons (Fsp3) is 0.150. The second-order valence-electron chi connectivity index (χ2n) is 6.32. The van der Waals surface area contributed by atoms with Crippen LogP contribution < -0.4 is 10.6 Å². The van der Waals surface area contributed by atoms with Crippen LogP contribution in [0, 0.1) is 0 Å². The van der Waals surface area contributed by atoms with E-state index in [0.717, 1.165) is 21.3 Å². The van der Waals surface area contributed by atoms with Crippen molar-refractivity contribution in [3.63, 3.8) is 0 Å². The molecule has 0 saturated carbocycles. The number of rotatable bonds is 4. The van der Waals surface area contributed by atoms with Crippen molar-refractivity contribution in [3.8, 4) is 0 Å². The number of aromatic nitrogens is 3. The van der Waals surface area contributed by atoms with E-state index in [1.165, 1.54) is 6.33 Å². The van der Waals surface area contributed by atoms with Crippen LogP contribution in [0.5, 0.6) is 0 Å². The van der Waals surface area contributed by atoms with Crippen molar-refractivity contribution in [2.45, 2.75) is 19.5 Å². The van der Waals surface area contributed by atoms with Gasteiger partial charge in [0.15, 0.2) is 0 Å². The topological polar surface area (TPSA) is 71.8 Å². The second kappa shape index (κ2) is 7.36. The highest BCUT2D eigenvalue weighted by molar-refractivity contribution is 9.10. The van der Waals surface area contributed by atoms with Crippen LogP contribution in [0.2, 0.25) is 0 Å². The van der Waals surface area contributed by atoms with Crippen LogP contribution >= 0.6 is 15.9 Å². The Morgan fingerprint density at radius 1 is 1.22 bits per heavy atom. The molecule has 27 heavy (non-hydrogen) atoms. The van der Waals surface area contributed by atoms with Crippen molar-refractivity contribution in [2.75, 3.05) is 5.32 Å². The van der Waals surface area contributed by atoms with Gasteiger partial charge in [-0.25, -0.2) is 4.68 Å². The first-order valence-electron chi connectivity index (χ1n) is 8.58. The highest BCUT2D eigenvalue weighted by atomic mass is 79.9. The Morgan fingerprint density at radius 2 is 2.04 bits per heavy atom. The smallest absolute Gasteiger partial charge is 0.251 e. The highest BCUT2D eigenvalue weighted by Crippen LogP contribution is 2.35. The first-order chi connectivity index (χ1) is 13.1. The number of hydrogen-bond donors (Lipinski definition) is 2. The summed E-state index contributed by atoms with van der Waals surface area (Å²) in [7, 11) is 0. The molecule has 2 N–H and O–H groups in total. The zero-order valence-corrected chi connectivity index (χ0v) is 16.3. The Bertz CT molecular complexity index is 1010. The maximum Gasteiger partial charge on any atom is 0.251 e.